The van der Waals surface area contributed by atoms with Crippen molar-refractivity contribution in [3.8, 4) is 0 Å². The minimum atomic E-state index is -0.647. The first-order chi connectivity index (χ1) is 5.95. The fourth-order valence-electron chi connectivity index (χ4n) is 2.07. The van der Waals surface area contributed by atoms with Crippen LogP contribution in [0.3, 0.4) is 0 Å². The standard InChI is InChI=1S/C11H21NSi/c1-8-7-10(12(3)4)11(9(8)2)13(5)6/h7,9,13H,1-6H3. The summed E-state index contributed by atoms with van der Waals surface area (Å²) in [6.07, 6.45) is 2.35. The van der Waals surface area contributed by atoms with Crippen molar-refractivity contribution in [2.75, 3.05) is 14.1 Å². The molecule has 0 aliphatic heterocycles. The molecule has 0 radical (unpaired) electrons. The molecule has 0 spiro atoms. The third-order valence-electron chi connectivity index (χ3n) is 2.91. The van der Waals surface area contributed by atoms with Crippen molar-refractivity contribution in [1.82, 2.24) is 4.90 Å². The van der Waals surface area contributed by atoms with E-state index in [1.807, 2.05) is 0 Å². The highest BCUT2D eigenvalue weighted by atomic mass is 28.3. The van der Waals surface area contributed by atoms with E-state index in [9.17, 15) is 0 Å². The first-order valence-corrected chi connectivity index (χ1v) is 7.93. The molecule has 0 aromatic rings. The van der Waals surface area contributed by atoms with E-state index in [0.717, 1.165) is 0 Å². The zero-order chi connectivity index (χ0) is 10.2. The fraction of sp³-hybridized carbons (Fsp3) is 0.636. The van der Waals surface area contributed by atoms with Gasteiger partial charge in [0.15, 0.2) is 0 Å². The van der Waals surface area contributed by atoms with Gasteiger partial charge in [-0.05, 0) is 18.9 Å². The van der Waals surface area contributed by atoms with Gasteiger partial charge in [-0.1, -0.05) is 30.8 Å². The number of allylic oxidation sites excluding steroid dienone is 3. The lowest BCUT2D eigenvalue weighted by molar-refractivity contribution is 0.526. The Balaban J connectivity index is 3.06. The molecule has 0 aromatic carbocycles. The monoisotopic (exact) mass is 195 g/mol. The van der Waals surface area contributed by atoms with E-state index < -0.39 is 8.80 Å². The second-order valence-electron chi connectivity index (χ2n) is 4.50. The molecule has 0 amide bonds. The predicted molar refractivity (Wildman–Crippen MR) is 62.5 cm³/mol. The lowest BCUT2D eigenvalue weighted by atomic mass is 10.1. The van der Waals surface area contributed by atoms with E-state index in [0.29, 0.717) is 5.92 Å². The quantitative estimate of drug-likeness (QED) is 0.612. The maximum absolute atomic E-state index is 2.42. The van der Waals surface area contributed by atoms with Crippen molar-refractivity contribution < 1.29 is 0 Å². The lowest BCUT2D eigenvalue weighted by Gasteiger charge is -2.20. The van der Waals surface area contributed by atoms with Crippen LogP contribution in [0, 0.1) is 5.92 Å². The maximum atomic E-state index is 2.42. The van der Waals surface area contributed by atoms with E-state index in [1.165, 1.54) is 11.3 Å². The largest absolute Gasteiger partial charge is 0.378 e. The number of hydrogen-bond donors (Lipinski definition) is 0. The van der Waals surface area contributed by atoms with E-state index in [1.54, 1.807) is 5.20 Å². The van der Waals surface area contributed by atoms with Crippen LogP contribution in [-0.2, 0) is 0 Å². The van der Waals surface area contributed by atoms with Crippen molar-refractivity contribution >= 4 is 8.80 Å². The summed E-state index contributed by atoms with van der Waals surface area (Å²) in [5, 5.41) is 1.72. The first kappa shape index (κ1) is 10.6. The van der Waals surface area contributed by atoms with Gasteiger partial charge in [-0.2, -0.15) is 0 Å². The Morgan fingerprint density at radius 1 is 1.31 bits per heavy atom. The molecule has 0 heterocycles. The molecule has 1 unspecified atom stereocenters. The van der Waals surface area contributed by atoms with E-state index >= 15 is 0 Å². The second-order valence-corrected chi connectivity index (χ2v) is 7.43. The molecule has 1 nitrogen and oxygen atoms in total. The van der Waals surface area contributed by atoms with E-state index in [2.05, 4.69) is 52.0 Å². The van der Waals surface area contributed by atoms with Crippen LogP contribution < -0.4 is 0 Å². The van der Waals surface area contributed by atoms with Gasteiger partial charge in [-0.15, -0.1) is 0 Å². The van der Waals surface area contributed by atoms with Crippen LogP contribution in [0.5, 0.6) is 0 Å². The van der Waals surface area contributed by atoms with Gasteiger partial charge in [-0.25, -0.2) is 0 Å². The average Bonchev–Trinajstić information content (AvgIpc) is 2.28. The second kappa shape index (κ2) is 3.70. The van der Waals surface area contributed by atoms with E-state index in [4.69, 9.17) is 0 Å². The molecule has 0 N–H and O–H groups in total. The molecule has 13 heavy (non-hydrogen) atoms. The molecule has 1 atom stereocenters. The summed E-state index contributed by atoms with van der Waals surface area (Å²) in [6.45, 7) is 9.42. The maximum Gasteiger partial charge on any atom is 0.0630 e. The minimum Gasteiger partial charge on any atom is -0.378 e. The van der Waals surface area contributed by atoms with Gasteiger partial charge in [0.1, 0.15) is 0 Å². The number of rotatable bonds is 2. The highest BCUT2D eigenvalue weighted by Gasteiger charge is 2.24. The Morgan fingerprint density at radius 3 is 2.15 bits per heavy atom. The summed E-state index contributed by atoms with van der Waals surface area (Å²) < 4.78 is 0. The van der Waals surface area contributed by atoms with Crippen LogP contribution >= 0.6 is 0 Å². The van der Waals surface area contributed by atoms with Crippen molar-refractivity contribution in [2.45, 2.75) is 26.9 Å². The Morgan fingerprint density at radius 2 is 1.85 bits per heavy atom. The molecule has 1 aliphatic carbocycles. The molecule has 1 rings (SSSR count). The Bertz CT molecular complexity index is 261. The van der Waals surface area contributed by atoms with Crippen LogP contribution in [0.4, 0.5) is 0 Å². The molecular weight excluding hydrogens is 174 g/mol. The van der Waals surface area contributed by atoms with Crippen molar-refractivity contribution in [3.05, 3.63) is 22.5 Å². The molecule has 0 fully saturated rings. The molecular formula is C11H21NSi. The molecule has 2 heteroatoms. The molecule has 1 aliphatic rings. The highest BCUT2D eigenvalue weighted by Crippen LogP contribution is 2.33. The lowest BCUT2D eigenvalue weighted by Crippen LogP contribution is -2.19. The SMILES string of the molecule is CC1=CC(N(C)C)=C([SiH](C)C)C1C. The van der Waals surface area contributed by atoms with Crippen LogP contribution in [0.2, 0.25) is 13.1 Å². The number of hydrogen-bond acceptors (Lipinski definition) is 1. The molecule has 0 aromatic heterocycles. The highest BCUT2D eigenvalue weighted by molar-refractivity contribution is 6.64. The fourth-order valence-corrected chi connectivity index (χ4v) is 4.27. The zero-order valence-electron chi connectivity index (χ0n) is 9.68. The molecule has 0 bridgehead atoms. The summed E-state index contributed by atoms with van der Waals surface area (Å²) in [5.41, 5.74) is 3.01. The summed E-state index contributed by atoms with van der Waals surface area (Å²) in [5.74, 6) is 0.698. The third-order valence-corrected chi connectivity index (χ3v) is 4.95. The van der Waals surface area contributed by atoms with Crippen molar-refractivity contribution in [3.63, 3.8) is 0 Å². The normalized spacial score (nSPS) is 22.7. The van der Waals surface area contributed by atoms with E-state index in [-0.39, 0.29) is 0 Å². The molecule has 0 saturated carbocycles. The topological polar surface area (TPSA) is 3.24 Å². The van der Waals surface area contributed by atoms with Crippen LogP contribution in [0.25, 0.3) is 0 Å². The summed E-state index contributed by atoms with van der Waals surface area (Å²) >= 11 is 0. The van der Waals surface area contributed by atoms with Gasteiger partial charge in [0.2, 0.25) is 0 Å². The number of likely N-dealkylation sites (N-methyl/N-ethyl adjacent to an activating group) is 1. The average molecular weight is 195 g/mol. The van der Waals surface area contributed by atoms with Gasteiger partial charge in [0.05, 0.1) is 8.80 Å². The zero-order valence-corrected chi connectivity index (χ0v) is 10.8. The molecule has 0 saturated heterocycles. The predicted octanol–water partition coefficient (Wildman–Crippen LogP) is 2.42. The molecule has 74 valence electrons. The summed E-state index contributed by atoms with van der Waals surface area (Å²) in [7, 11) is 3.65. The Labute approximate surface area is 83.7 Å². The van der Waals surface area contributed by atoms with Gasteiger partial charge < -0.3 is 4.90 Å². The van der Waals surface area contributed by atoms with Gasteiger partial charge >= 0.3 is 0 Å². The first-order valence-electron chi connectivity index (χ1n) is 5.04. The summed E-state index contributed by atoms with van der Waals surface area (Å²) in [6, 6.07) is 0. The van der Waals surface area contributed by atoms with Crippen LogP contribution in [-0.4, -0.2) is 27.8 Å². The van der Waals surface area contributed by atoms with Gasteiger partial charge in [0, 0.05) is 19.8 Å². The van der Waals surface area contributed by atoms with Gasteiger partial charge in [0.25, 0.3) is 0 Å². The Hall–Kier alpha value is -0.503. The smallest absolute Gasteiger partial charge is 0.0630 e. The van der Waals surface area contributed by atoms with Crippen LogP contribution in [0.15, 0.2) is 22.5 Å². The van der Waals surface area contributed by atoms with Crippen LogP contribution in [0.1, 0.15) is 13.8 Å². The summed E-state index contributed by atoms with van der Waals surface area (Å²) in [4.78, 5) is 2.26. The van der Waals surface area contributed by atoms with Crippen molar-refractivity contribution in [2.24, 2.45) is 5.92 Å². The third kappa shape index (κ3) is 1.88. The van der Waals surface area contributed by atoms with Gasteiger partial charge in [-0.3, -0.25) is 0 Å². The minimum absolute atomic E-state index is 0.647. The number of nitrogens with zero attached hydrogens (tertiary/aromatic N) is 1. The van der Waals surface area contributed by atoms with Crippen molar-refractivity contribution in [1.29, 1.82) is 0 Å². The Kier molecular flexibility index (Phi) is 3.01.